The Balaban J connectivity index is 1.93. The summed E-state index contributed by atoms with van der Waals surface area (Å²) in [7, 11) is 0. The van der Waals surface area contributed by atoms with E-state index in [1.54, 1.807) is 11.4 Å². The molecule has 1 aromatic heterocycles. The van der Waals surface area contributed by atoms with E-state index in [4.69, 9.17) is 5.73 Å². The van der Waals surface area contributed by atoms with Crippen LogP contribution in [-0.4, -0.2) is 48.9 Å². The fraction of sp³-hybridized carbons (Fsp3) is 0.538. The van der Waals surface area contributed by atoms with E-state index in [-0.39, 0.29) is 5.91 Å². The van der Waals surface area contributed by atoms with Crippen LogP contribution in [0.15, 0.2) is 11.4 Å². The van der Waals surface area contributed by atoms with Gasteiger partial charge in [-0.05, 0) is 24.4 Å². The third kappa shape index (κ3) is 3.56. The number of carbonyl (C=O) groups excluding carboxylic acids is 2. The molecule has 1 saturated heterocycles. The van der Waals surface area contributed by atoms with Gasteiger partial charge in [0.25, 0.3) is 5.91 Å². The van der Waals surface area contributed by atoms with Gasteiger partial charge in [-0.2, -0.15) is 0 Å². The molecule has 1 fully saturated rings. The number of hydrogen-bond donors (Lipinski definition) is 3. The molecular formula is C13H20N4O2S. The van der Waals surface area contributed by atoms with E-state index in [2.05, 4.69) is 22.5 Å². The Hall–Kier alpha value is -1.44. The molecule has 0 aliphatic carbocycles. The topological polar surface area (TPSA) is 87.5 Å². The van der Waals surface area contributed by atoms with Crippen molar-refractivity contribution in [2.45, 2.75) is 19.4 Å². The summed E-state index contributed by atoms with van der Waals surface area (Å²) in [6.07, 6.45) is 1.01. The van der Waals surface area contributed by atoms with E-state index in [0.29, 0.717) is 23.2 Å². The van der Waals surface area contributed by atoms with Crippen molar-refractivity contribution in [1.82, 2.24) is 10.2 Å². The quantitative estimate of drug-likeness (QED) is 0.682. The van der Waals surface area contributed by atoms with Crippen LogP contribution in [0.5, 0.6) is 0 Å². The molecule has 0 saturated carbocycles. The van der Waals surface area contributed by atoms with Crippen LogP contribution < -0.4 is 16.4 Å². The molecule has 0 spiro atoms. The predicted molar refractivity (Wildman–Crippen MR) is 80.0 cm³/mol. The highest BCUT2D eigenvalue weighted by molar-refractivity contribution is 7.14. The van der Waals surface area contributed by atoms with Crippen LogP contribution in [0.25, 0.3) is 0 Å². The van der Waals surface area contributed by atoms with Gasteiger partial charge in [0, 0.05) is 19.1 Å². The van der Waals surface area contributed by atoms with Gasteiger partial charge in [-0.25, -0.2) is 0 Å². The van der Waals surface area contributed by atoms with E-state index < -0.39 is 5.91 Å². The lowest BCUT2D eigenvalue weighted by atomic mass is 10.1. The molecule has 20 heavy (non-hydrogen) atoms. The van der Waals surface area contributed by atoms with Gasteiger partial charge in [0.15, 0.2) is 0 Å². The molecule has 0 atom stereocenters. The first-order valence-electron chi connectivity index (χ1n) is 6.73. The minimum Gasteiger partial charge on any atom is -0.366 e. The standard InChI is InChI=1S/C13H20N4O2S/c1-2-4-17(9-6-15-7-9)8-11(18)16-13-10(12(14)19)3-5-20-13/h3,5,9,15H,2,4,6-8H2,1H3,(H2,14,19)(H,16,18). The van der Waals surface area contributed by atoms with E-state index in [1.165, 1.54) is 11.3 Å². The maximum atomic E-state index is 12.1. The first-order valence-corrected chi connectivity index (χ1v) is 7.61. The Kier molecular flexibility index (Phi) is 5.11. The third-order valence-electron chi connectivity index (χ3n) is 3.32. The Morgan fingerprint density at radius 1 is 1.55 bits per heavy atom. The average molecular weight is 296 g/mol. The van der Waals surface area contributed by atoms with Crippen LogP contribution >= 0.6 is 11.3 Å². The number of amides is 2. The highest BCUT2D eigenvalue weighted by Gasteiger charge is 2.25. The monoisotopic (exact) mass is 296 g/mol. The van der Waals surface area contributed by atoms with Crippen molar-refractivity contribution >= 4 is 28.2 Å². The average Bonchev–Trinajstić information content (AvgIpc) is 2.74. The van der Waals surface area contributed by atoms with Crippen molar-refractivity contribution in [2.24, 2.45) is 5.73 Å². The molecule has 4 N–H and O–H groups in total. The van der Waals surface area contributed by atoms with Gasteiger partial charge in [-0.15, -0.1) is 11.3 Å². The largest absolute Gasteiger partial charge is 0.366 e. The van der Waals surface area contributed by atoms with E-state index in [0.717, 1.165) is 26.1 Å². The lowest BCUT2D eigenvalue weighted by Gasteiger charge is -2.37. The fourth-order valence-corrected chi connectivity index (χ4v) is 2.97. The van der Waals surface area contributed by atoms with Crippen molar-refractivity contribution in [1.29, 1.82) is 0 Å². The number of nitrogens with one attached hydrogen (secondary N) is 2. The minimum atomic E-state index is -0.518. The second kappa shape index (κ2) is 6.83. The maximum absolute atomic E-state index is 12.1. The fourth-order valence-electron chi connectivity index (χ4n) is 2.16. The summed E-state index contributed by atoms with van der Waals surface area (Å²) in [5.41, 5.74) is 5.63. The third-order valence-corrected chi connectivity index (χ3v) is 4.15. The molecule has 6 nitrogen and oxygen atoms in total. The summed E-state index contributed by atoms with van der Waals surface area (Å²) in [6, 6.07) is 2.06. The Morgan fingerprint density at radius 2 is 2.30 bits per heavy atom. The zero-order valence-electron chi connectivity index (χ0n) is 11.5. The summed E-state index contributed by atoms with van der Waals surface area (Å²) < 4.78 is 0. The van der Waals surface area contributed by atoms with Crippen molar-refractivity contribution in [3.8, 4) is 0 Å². The van der Waals surface area contributed by atoms with Gasteiger partial charge in [-0.1, -0.05) is 6.92 Å². The number of carbonyl (C=O) groups is 2. The van der Waals surface area contributed by atoms with Crippen molar-refractivity contribution in [3.63, 3.8) is 0 Å². The van der Waals surface area contributed by atoms with Crippen LogP contribution in [0.2, 0.25) is 0 Å². The lowest BCUT2D eigenvalue weighted by molar-refractivity contribution is -0.118. The van der Waals surface area contributed by atoms with Gasteiger partial charge in [0.2, 0.25) is 5.91 Å². The smallest absolute Gasteiger partial charge is 0.251 e. The molecule has 0 aromatic carbocycles. The van der Waals surface area contributed by atoms with E-state index in [1.807, 2.05) is 0 Å². The highest BCUT2D eigenvalue weighted by Crippen LogP contribution is 2.22. The first-order chi connectivity index (χ1) is 9.61. The SMILES string of the molecule is CCCN(CC(=O)Nc1sccc1C(N)=O)C1CNC1. The van der Waals surface area contributed by atoms with Gasteiger partial charge in [0.1, 0.15) is 5.00 Å². The zero-order chi connectivity index (χ0) is 14.5. The van der Waals surface area contributed by atoms with Crippen LogP contribution in [-0.2, 0) is 4.79 Å². The van der Waals surface area contributed by atoms with Gasteiger partial charge in [0.05, 0.1) is 12.1 Å². The Labute approximate surface area is 122 Å². The normalized spacial score (nSPS) is 15.1. The number of nitrogens with two attached hydrogens (primary N) is 1. The van der Waals surface area contributed by atoms with E-state index in [9.17, 15) is 9.59 Å². The number of hydrogen-bond acceptors (Lipinski definition) is 5. The molecule has 0 unspecified atom stereocenters. The van der Waals surface area contributed by atoms with Crippen LogP contribution in [0.1, 0.15) is 23.7 Å². The van der Waals surface area contributed by atoms with Gasteiger partial charge < -0.3 is 16.4 Å². The number of thiophene rings is 1. The molecule has 2 amide bonds. The molecule has 1 aliphatic heterocycles. The number of nitrogens with zero attached hydrogens (tertiary/aromatic N) is 1. The van der Waals surface area contributed by atoms with Crippen LogP contribution in [0.4, 0.5) is 5.00 Å². The molecule has 2 heterocycles. The van der Waals surface area contributed by atoms with Crippen LogP contribution in [0.3, 0.4) is 0 Å². The number of anilines is 1. The molecule has 7 heteroatoms. The number of rotatable bonds is 7. The predicted octanol–water partition coefficient (Wildman–Crippen LogP) is 0.469. The van der Waals surface area contributed by atoms with Gasteiger partial charge in [-0.3, -0.25) is 14.5 Å². The Bertz CT molecular complexity index is 484. The molecule has 1 aliphatic rings. The number of primary amides is 1. The zero-order valence-corrected chi connectivity index (χ0v) is 12.3. The summed E-state index contributed by atoms with van der Waals surface area (Å²) in [5, 5.41) is 8.27. The van der Waals surface area contributed by atoms with Gasteiger partial charge >= 0.3 is 0 Å². The van der Waals surface area contributed by atoms with Crippen molar-refractivity contribution < 1.29 is 9.59 Å². The molecule has 1 aromatic rings. The molecular weight excluding hydrogens is 276 g/mol. The summed E-state index contributed by atoms with van der Waals surface area (Å²) in [4.78, 5) is 25.5. The molecule has 2 rings (SSSR count). The second-order valence-electron chi connectivity index (χ2n) is 4.86. The van der Waals surface area contributed by atoms with Crippen molar-refractivity contribution in [3.05, 3.63) is 17.0 Å². The summed E-state index contributed by atoms with van der Waals surface area (Å²) in [6.45, 7) is 5.20. The van der Waals surface area contributed by atoms with Crippen LogP contribution in [0, 0.1) is 0 Å². The first kappa shape index (κ1) is 15.0. The highest BCUT2D eigenvalue weighted by atomic mass is 32.1. The summed E-state index contributed by atoms with van der Waals surface area (Å²) in [5.74, 6) is -0.620. The molecule has 0 radical (unpaired) electrons. The second-order valence-corrected chi connectivity index (χ2v) is 5.77. The lowest BCUT2D eigenvalue weighted by Crippen LogP contribution is -2.58. The summed E-state index contributed by atoms with van der Waals surface area (Å²) >= 11 is 1.31. The van der Waals surface area contributed by atoms with E-state index >= 15 is 0 Å². The van der Waals surface area contributed by atoms with Crippen molar-refractivity contribution in [2.75, 3.05) is 31.5 Å². The molecule has 110 valence electrons. The minimum absolute atomic E-state index is 0.102. The Morgan fingerprint density at radius 3 is 2.85 bits per heavy atom. The maximum Gasteiger partial charge on any atom is 0.251 e. The molecule has 0 bridgehead atoms.